The quantitative estimate of drug-likeness (QED) is 0.667. The second kappa shape index (κ2) is 6.72. The Bertz CT molecular complexity index is 753. The number of anilines is 1. The van der Waals surface area contributed by atoms with Crippen LogP contribution in [0, 0.1) is 15.9 Å². The molecule has 0 aliphatic carbocycles. The van der Waals surface area contributed by atoms with Crippen molar-refractivity contribution in [2.45, 2.75) is 6.42 Å². The monoisotopic (exact) mass is 342 g/mol. The van der Waals surface area contributed by atoms with Gasteiger partial charge in [0.15, 0.2) is 0 Å². The lowest BCUT2D eigenvalue weighted by Gasteiger charge is -2.06. The average molecular weight is 343 g/mol. The van der Waals surface area contributed by atoms with E-state index in [1.165, 1.54) is 6.07 Å². The molecule has 0 atom stereocenters. The van der Waals surface area contributed by atoms with Crippen LogP contribution in [0.1, 0.15) is 5.56 Å². The molecule has 0 aromatic heterocycles. The van der Waals surface area contributed by atoms with Crippen molar-refractivity contribution in [3.05, 3.63) is 67.9 Å². The van der Waals surface area contributed by atoms with Crippen LogP contribution in [0.2, 0.25) is 10.0 Å². The zero-order valence-corrected chi connectivity index (χ0v) is 12.5. The lowest BCUT2D eigenvalue weighted by Crippen LogP contribution is -2.14. The van der Waals surface area contributed by atoms with E-state index >= 15 is 0 Å². The first-order valence-electron chi connectivity index (χ1n) is 6.04. The summed E-state index contributed by atoms with van der Waals surface area (Å²) in [7, 11) is 0. The van der Waals surface area contributed by atoms with Gasteiger partial charge < -0.3 is 5.32 Å². The van der Waals surface area contributed by atoms with E-state index in [4.69, 9.17) is 23.2 Å². The van der Waals surface area contributed by atoms with Crippen molar-refractivity contribution in [1.29, 1.82) is 0 Å². The lowest BCUT2D eigenvalue weighted by atomic mass is 10.1. The largest absolute Gasteiger partial charge is 0.326 e. The van der Waals surface area contributed by atoms with Crippen molar-refractivity contribution in [2.75, 3.05) is 5.32 Å². The predicted octanol–water partition coefficient (Wildman–Crippen LogP) is 4.22. The minimum Gasteiger partial charge on any atom is -0.326 e. The van der Waals surface area contributed by atoms with Crippen molar-refractivity contribution in [3.63, 3.8) is 0 Å². The van der Waals surface area contributed by atoms with Crippen LogP contribution in [-0.4, -0.2) is 10.8 Å². The van der Waals surface area contributed by atoms with E-state index in [1.54, 1.807) is 18.2 Å². The highest BCUT2D eigenvalue weighted by molar-refractivity contribution is 6.42. The zero-order chi connectivity index (χ0) is 16.3. The summed E-state index contributed by atoms with van der Waals surface area (Å²) < 4.78 is 13.2. The van der Waals surface area contributed by atoms with Crippen LogP contribution in [0.25, 0.3) is 0 Å². The number of rotatable bonds is 4. The van der Waals surface area contributed by atoms with Crippen molar-refractivity contribution in [3.8, 4) is 0 Å². The van der Waals surface area contributed by atoms with Gasteiger partial charge in [-0.05, 0) is 29.8 Å². The molecule has 0 aliphatic rings. The van der Waals surface area contributed by atoms with Gasteiger partial charge in [0.05, 0.1) is 21.4 Å². The molecule has 2 aromatic carbocycles. The summed E-state index contributed by atoms with van der Waals surface area (Å²) in [5.74, 6) is -1.38. The first-order valence-corrected chi connectivity index (χ1v) is 6.80. The highest BCUT2D eigenvalue weighted by Gasteiger charge is 2.15. The molecule has 22 heavy (non-hydrogen) atoms. The molecule has 2 rings (SSSR count). The minimum absolute atomic E-state index is 0.00205. The molecule has 0 saturated carbocycles. The molecule has 0 bridgehead atoms. The summed E-state index contributed by atoms with van der Waals surface area (Å²) in [6.45, 7) is 0. The Balaban J connectivity index is 2.10. The van der Waals surface area contributed by atoms with Gasteiger partial charge in [-0.2, -0.15) is 4.39 Å². The van der Waals surface area contributed by atoms with Crippen molar-refractivity contribution in [1.82, 2.24) is 0 Å². The summed E-state index contributed by atoms with van der Waals surface area (Å²) in [4.78, 5) is 21.7. The number of nitro benzene ring substituents is 1. The summed E-state index contributed by atoms with van der Waals surface area (Å²) >= 11 is 11.6. The SMILES string of the molecule is O=C(Cc1ccc(Cl)c(Cl)c1)Nc1ccc(F)c([N+](=O)[O-])c1. The molecule has 0 spiro atoms. The van der Waals surface area contributed by atoms with E-state index in [0.717, 1.165) is 12.1 Å². The summed E-state index contributed by atoms with van der Waals surface area (Å²) in [5.41, 5.74) is 0.0639. The molecular weight excluding hydrogens is 334 g/mol. The number of benzene rings is 2. The average Bonchev–Trinajstić information content (AvgIpc) is 2.44. The number of carbonyl (C=O) groups is 1. The van der Waals surface area contributed by atoms with E-state index in [0.29, 0.717) is 15.6 Å². The molecule has 0 unspecified atom stereocenters. The van der Waals surface area contributed by atoms with Gasteiger partial charge in [-0.1, -0.05) is 29.3 Å². The Morgan fingerprint density at radius 1 is 1.18 bits per heavy atom. The van der Waals surface area contributed by atoms with Crippen LogP contribution in [0.4, 0.5) is 15.8 Å². The number of amides is 1. The minimum atomic E-state index is -0.965. The summed E-state index contributed by atoms with van der Waals surface area (Å²) in [5, 5.41) is 13.8. The van der Waals surface area contributed by atoms with Gasteiger partial charge in [0, 0.05) is 11.8 Å². The number of hydrogen-bond donors (Lipinski definition) is 1. The molecule has 8 heteroatoms. The second-order valence-corrected chi connectivity index (χ2v) is 5.21. The third-order valence-electron chi connectivity index (χ3n) is 2.78. The maximum atomic E-state index is 13.2. The fraction of sp³-hybridized carbons (Fsp3) is 0.0714. The normalized spacial score (nSPS) is 10.3. The van der Waals surface area contributed by atoms with Crippen molar-refractivity contribution < 1.29 is 14.1 Å². The Hall–Kier alpha value is -2.18. The Kier molecular flexibility index (Phi) is 4.95. The van der Waals surface area contributed by atoms with Gasteiger partial charge in [-0.25, -0.2) is 0 Å². The van der Waals surface area contributed by atoms with Crippen molar-refractivity contribution in [2.24, 2.45) is 0 Å². The van der Waals surface area contributed by atoms with Crippen LogP contribution in [0.15, 0.2) is 36.4 Å². The van der Waals surface area contributed by atoms with Crippen molar-refractivity contribution >= 4 is 40.5 Å². The first-order chi connectivity index (χ1) is 10.4. The van der Waals surface area contributed by atoms with Crippen LogP contribution < -0.4 is 5.32 Å². The molecule has 0 saturated heterocycles. The molecule has 1 amide bonds. The molecule has 5 nitrogen and oxygen atoms in total. The number of nitrogens with zero attached hydrogens (tertiary/aromatic N) is 1. The van der Waals surface area contributed by atoms with Gasteiger partial charge in [0.1, 0.15) is 0 Å². The topological polar surface area (TPSA) is 72.2 Å². The molecule has 1 N–H and O–H groups in total. The molecule has 0 fully saturated rings. The van der Waals surface area contributed by atoms with E-state index in [2.05, 4.69) is 5.32 Å². The Labute approximate surface area is 134 Å². The molecule has 2 aromatic rings. The zero-order valence-electron chi connectivity index (χ0n) is 11.0. The molecule has 0 radical (unpaired) electrons. The predicted molar refractivity (Wildman–Crippen MR) is 81.9 cm³/mol. The van der Waals surface area contributed by atoms with Crippen LogP contribution >= 0.6 is 23.2 Å². The third-order valence-corrected chi connectivity index (χ3v) is 3.51. The standard InChI is InChI=1S/C14H9Cl2FN2O3/c15-10-3-1-8(5-11(10)16)6-14(20)18-9-2-4-12(17)13(7-9)19(21)22/h1-5,7H,6H2,(H,18,20). The third kappa shape index (κ3) is 3.93. The first kappa shape index (κ1) is 16.2. The molecular formula is C14H9Cl2FN2O3. The number of halogens is 3. The van der Waals surface area contributed by atoms with E-state index in [-0.39, 0.29) is 12.1 Å². The van der Waals surface area contributed by atoms with Crippen LogP contribution in [-0.2, 0) is 11.2 Å². The van der Waals surface area contributed by atoms with E-state index in [9.17, 15) is 19.3 Å². The number of nitro groups is 1. The van der Waals surface area contributed by atoms with E-state index in [1.807, 2.05) is 0 Å². The van der Waals surface area contributed by atoms with Crippen LogP contribution in [0.5, 0.6) is 0 Å². The molecule has 0 aliphatic heterocycles. The lowest BCUT2D eigenvalue weighted by molar-refractivity contribution is -0.387. The maximum absolute atomic E-state index is 13.2. The highest BCUT2D eigenvalue weighted by atomic mass is 35.5. The van der Waals surface area contributed by atoms with Crippen LogP contribution in [0.3, 0.4) is 0 Å². The fourth-order valence-electron chi connectivity index (χ4n) is 1.77. The van der Waals surface area contributed by atoms with Gasteiger partial charge in [-0.3, -0.25) is 14.9 Å². The number of carbonyl (C=O) groups excluding carboxylic acids is 1. The Morgan fingerprint density at radius 3 is 2.55 bits per heavy atom. The summed E-state index contributed by atoms with van der Waals surface area (Å²) in [6, 6.07) is 7.89. The van der Waals surface area contributed by atoms with Gasteiger partial charge in [-0.15, -0.1) is 0 Å². The smallest absolute Gasteiger partial charge is 0.306 e. The summed E-state index contributed by atoms with van der Waals surface area (Å²) in [6.07, 6.45) is 0.00205. The Morgan fingerprint density at radius 2 is 1.91 bits per heavy atom. The number of nitrogens with one attached hydrogen (secondary N) is 1. The highest BCUT2D eigenvalue weighted by Crippen LogP contribution is 2.24. The van der Waals surface area contributed by atoms with Gasteiger partial charge >= 0.3 is 5.69 Å². The second-order valence-electron chi connectivity index (χ2n) is 4.40. The van der Waals surface area contributed by atoms with Gasteiger partial charge in [0.2, 0.25) is 11.7 Å². The number of hydrogen-bond acceptors (Lipinski definition) is 3. The van der Waals surface area contributed by atoms with E-state index < -0.39 is 22.3 Å². The van der Waals surface area contributed by atoms with Gasteiger partial charge in [0.25, 0.3) is 0 Å². The molecule has 0 heterocycles. The maximum Gasteiger partial charge on any atom is 0.306 e. The fourth-order valence-corrected chi connectivity index (χ4v) is 2.09. The molecule has 114 valence electrons.